The molecule has 0 aliphatic rings. The lowest BCUT2D eigenvalue weighted by Gasteiger charge is -2.15. The Morgan fingerprint density at radius 2 is 1.82 bits per heavy atom. The van der Waals surface area contributed by atoms with E-state index in [0.717, 1.165) is 57.6 Å². The van der Waals surface area contributed by atoms with Gasteiger partial charge < -0.3 is 4.74 Å². The van der Waals surface area contributed by atoms with Crippen LogP contribution in [-0.2, 0) is 9.53 Å². The van der Waals surface area contributed by atoms with Crippen LogP contribution in [0.3, 0.4) is 0 Å². The third-order valence-electron chi connectivity index (χ3n) is 3.36. The fraction of sp³-hybridized carbons (Fsp3) is 0.941. The highest BCUT2D eigenvalue weighted by Crippen LogP contribution is 2.23. The average molecular weight is 339 g/mol. The minimum atomic E-state index is -2.56. The molecule has 0 fully saturated rings. The Morgan fingerprint density at radius 1 is 1.09 bits per heavy atom. The Balaban J connectivity index is 3.93. The van der Waals surface area contributed by atoms with Crippen molar-refractivity contribution in [3.05, 3.63) is 0 Å². The second-order valence-corrected chi connectivity index (χ2v) is 7.21. The monoisotopic (exact) mass is 338 g/mol. The SMILES string of the molecule is CCCCCC(SCCCCCC(C)(F)F)C(=O)OCCC. The highest BCUT2D eigenvalue weighted by molar-refractivity contribution is 8.00. The first kappa shape index (κ1) is 21.7. The van der Waals surface area contributed by atoms with Gasteiger partial charge in [-0.3, -0.25) is 4.79 Å². The first-order valence-electron chi connectivity index (χ1n) is 8.56. The van der Waals surface area contributed by atoms with E-state index < -0.39 is 5.92 Å². The highest BCUT2D eigenvalue weighted by atomic mass is 32.2. The predicted molar refractivity (Wildman–Crippen MR) is 90.7 cm³/mol. The topological polar surface area (TPSA) is 26.3 Å². The van der Waals surface area contributed by atoms with Gasteiger partial charge in [0.2, 0.25) is 5.92 Å². The molecule has 0 saturated heterocycles. The zero-order valence-corrected chi connectivity index (χ0v) is 15.2. The Labute approximate surface area is 138 Å². The van der Waals surface area contributed by atoms with Crippen LogP contribution in [0.2, 0.25) is 0 Å². The number of ether oxygens (including phenoxy) is 1. The molecule has 5 heteroatoms. The van der Waals surface area contributed by atoms with Gasteiger partial charge in [0.15, 0.2) is 0 Å². The molecule has 0 bridgehead atoms. The van der Waals surface area contributed by atoms with E-state index in [4.69, 9.17) is 4.74 Å². The van der Waals surface area contributed by atoms with E-state index in [2.05, 4.69) is 6.92 Å². The lowest BCUT2D eigenvalue weighted by molar-refractivity contribution is -0.143. The van der Waals surface area contributed by atoms with E-state index in [1.807, 2.05) is 6.92 Å². The van der Waals surface area contributed by atoms with Gasteiger partial charge in [-0.1, -0.05) is 39.5 Å². The third-order valence-corrected chi connectivity index (χ3v) is 4.72. The summed E-state index contributed by atoms with van der Waals surface area (Å²) in [7, 11) is 0. The van der Waals surface area contributed by atoms with Gasteiger partial charge in [0.05, 0.1) is 6.61 Å². The molecule has 0 aromatic heterocycles. The summed E-state index contributed by atoms with van der Waals surface area (Å²) in [6.45, 7) is 5.57. The maximum atomic E-state index is 12.7. The van der Waals surface area contributed by atoms with Crippen molar-refractivity contribution in [1.82, 2.24) is 0 Å². The van der Waals surface area contributed by atoms with Crippen molar-refractivity contribution >= 4 is 17.7 Å². The quantitative estimate of drug-likeness (QED) is 0.294. The lowest BCUT2D eigenvalue weighted by atomic mass is 10.1. The number of rotatable bonds is 14. The maximum Gasteiger partial charge on any atom is 0.319 e. The minimum absolute atomic E-state index is 0.0455. The van der Waals surface area contributed by atoms with E-state index in [1.54, 1.807) is 11.8 Å². The van der Waals surface area contributed by atoms with Crippen molar-refractivity contribution in [3.8, 4) is 0 Å². The van der Waals surface area contributed by atoms with Gasteiger partial charge in [-0.2, -0.15) is 0 Å². The van der Waals surface area contributed by atoms with Crippen LogP contribution >= 0.6 is 11.8 Å². The molecule has 0 aromatic carbocycles. The predicted octanol–water partition coefficient (Wildman–Crippen LogP) is 5.84. The van der Waals surface area contributed by atoms with Crippen LogP contribution in [0.15, 0.2) is 0 Å². The van der Waals surface area contributed by atoms with Gasteiger partial charge in [-0.05, 0) is 38.4 Å². The van der Waals surface area contributed by atoms with Crippen LogP contribution in [0.25, 0.3) is 0 Å². The van der Waals surface area contributed by atoms with Crippen molar-refractivity contribution in [1.29, 1.82) is 0 Å². The summed E-state index contributed by atoms with van der Waals surface area (Å²) in [4.78, 5) is 12.0. The molecule has 2 nitrogen and oxygen atoms in total. The molecular formula is C17H32F2O2S. The summed E-state index contributed by atoms with van der Waals surface area (Å²) in [5, 5.41) is -0.0919. The Bertz CT molecular complexity index is 280. The fourth-order valence-electron chi connectivity index (χ4n) is 2.08. The zero-order chi connectivity index (χ0) is 16.8. The zero-order valence-electron chi connectivity index (χ0n) is 14.3. The molecule has 0 heterocycles. The standard InChI is InChI=1S/C17H32F2O2S/c1-4-6-8-11-15(16(20)21-13-5-2)22-14-10-7-9-12-17(3,18)19/h15H,4-14H2,1-3H3. The van der Waals surface area contributed by atoms with E-state index in [1.165, 1.54) is 0 Å². The van der Waals surface area contributed by atoms with Gasteiger partial charge in [0.25, 0.3) is 0 Å². The fourth-order valence-corrected chi connectivity index (χ4v) is 3.28. The average Bonchev–Trinajstić information content (AvgIpc) is 2.45. The number of unbranched alkanes of at least 4 members (excludes halogenated alkanes) is 4. The van der Waals surface area contributed by atoms with Gasteiger partial charge >= 0.3 is 5.97 Å². The first-order valence-corrected chi connectivity index (χ1v) is 9.61. The van der Waals surface area contributed by atoms with Crippen LogP contribution < -0.4 is 0 Å². The largest absolute Gasteiger partial charge is 0.465 e. The van der Waals surface area contributed by atoms with Crippen LogP contribution in [0.5, 0.6) is 0 Å². The van der Waals surface area contributed by atoms with E-state index in [-0.39, 0.29) is 17.6 Å². The number of halogens is 2. The number of carbonyl (C=O) groups excluding carboxylic acids is 1. The Kier molecular flexibility index (Phi) is 13.0. The van der Waals surface area contributed by atoms with Crippen LogP contribution in [0, 0.1) is 0 Å². The maximum absolute atomic E-state index is 12.7. The molecule has 0 rings (SSSR count). The number of alkyl halides is 2. The van der Waals surface area contributed by atoms with Crippen molar-refractivity contribution < 1.29 is 18.3 Å². The van der Waals surface area contributed by atoms with Gasteiger partial charge in [-0.25, -0.2) is 8.78 Å². The van der Waals surface area contributed by atoms with Crippen molar-refractivity contribution in [2.75, 3.05) is 12.4 Å². The Hall–Kier alpha value is -0.320. The van der Waals surface area contributed by atoms with Crippen LogP contribution in [-0.4, -0.2) is 29.5 Å². The summed E-state index contributed by atoms with van der Waals surface area (Å²) >= 11 is 1.63. The molecular weight excluding hydrogens is 306 g/mol. The summed E-state index contributed by atoms with van der Waals surface area (Å²) < 4.78 is 30.6. The molecule has 0 radical (unpaired) electrons. The first-order chi connectivity index (χ1) is 10.4. The van der Waals surface area contributed by atoms with E-state index in [9.17, 15) is 13.6 Å². The summed E-state index contributed by atoms with van der Waals surface area (Å²) in [5.41, 5.74) is 0. The highest BCUT2D eigenvalue weighted by Gasteiger charge is 2.21. The second-order valence-electron chi connectivity index (χ2n) is 5.90. The summed E-state index contributed by atoms with van der Waals surface area (Å²) in [5.74, 6) is -1.82. The molecule has 0 N–H and O–H groups in total. The molecule has 22 heavy (non-hydrogen) atoms. The number of thioether (sulfide) groups is 1. The van der Waals surface area contributed by atoms with Crippen LogP contribution in [0.1, 0.15) is 78.6 Å². The molecule has 0 aromatic rings. The third kappa shape index (κ3) is 13.4. The minimum Gasteiger partial charge on any atom is -0.465 e. The molecule has 0 aliphatic heterocycles. The molecule has 1 unspecified atom stereocenters. The van der Waals surface area contributed by atoms with E-state index in [0.29, 0.717) is 13.0 Å². The normalized spacial score (nSPS) is 13.1. The van der Waals surface area contributed by atoms with Crippen molar-refractivity contribution in [2.45, 2.75) is 89.7 Å². The number of carbonyl (C=O) groups is 1. The van der Waals surface area contributed by atoms with Crippen molar-refractivity contribution in [3.63, 3.8) is 0 Å². The molecule has 0 saturated carbocycles. The van der Waals surface area contributed by atoms with Crippen molar-refractivity contribution in [2.24, 2.45) is 0 Å². The molecule has 0 aliphatic carbocycles. The van der Waals surface area contributed by atoms with Gasteiger partial charge in [-0.15, -0.1) is 11.8 Å². The molecule has 132 valence electrons. The summed E-state index contributed by atoms with van der Waals surface area (Å²) in [6.07, 6.45) is 7.17. The molecule has 0 spiro atoms. The molecule has 0 amide bonds. The van der Waals surface area contributed by atoms with Gasteiger partial charge in [0, 0.05) is 6.42 Å². The second kappa shape index (κ2) is 13.1. The van der Waals surface area contributed by atoms with Crippen LogP contribution in [0.4, 0.5) is 8.78 Å². The summed E-state index contributed by atoms with van der Waals surface area (Å²) in [6, 6.07) is 0. The smallest absolute Gasteiger partial charge is 0.319 e. The lowest BCUT2D eigenvalue weighted by Crippen LogP contribution is -2.21. The molecule has 1 atom stereocenters. The number of hydrogen-bond acceptors (Lipinski definition) is 3. The number of esters is 1. The number of hydrogen-bond donors (Lipinski definition) is 0. The van der Waals surface area contributed by atoms with Gasteiger partial charge in [0.1, 0.15) is 5.25 Å². The Morgan fingerprint density at radius 3 is 2.41 bits per heavy atom. The van der Waals surface area contributed by atoms with E-state index >= 15 is 0 Å².